The van der Waals surface area contributed by atoms with E-state index in [0.717, 1.165) is 0 Å². The van der Waals surface area contributed by atoms with Crippen LogP contribution in [0, 0.1) is 0 Å². The molecule has 2 aromatic rings. The second-order valence-electron chi connectivity index (χ2n) is 9.25. The summed E-state index contributed by atoms with van der Waals surface area (Å²) in [5, 5.41) is 92.7. The first kappa shape index (κ1) is 26.9. The smallest absolute Gasteiger partial charge is 0.331 e. The molecule has 0 saturated carbocycles. The number of hydrogen-bond donors (Lipinski definition) is 9. The van der Waals surface area contributed by atoms with Crippen molar-refractivity contribution in [3.8, 4) is 11.5 Å². The summed E-state index contributed by atoms with van der Waals surface area (Å²) in [5.41, 5.74) is 0.522. The van der Waals surface area contributed by atoms with E-state index < -0.39 is 73.5 Å². The Kier molecular flexibility index (Phi) is 7.53. The van der Waals surface area contributed by atoms with Crippen LogP contribution < -0.4 is 0 Å². The van der Waals surface area contributed by atoms with E-state index in [1.165, 1.54) is 31.2 Å². The zero-order valence-corrected chi connectivity index (χ0v) is 19.7. The molecule has 9 N–H and O–H groups in total. The first-order chi connectivity index (χ1) is 17.5. The number of phenols is 2. The molecular formula is C25H29NO11. The lowest BCUT2D eigenvalue weighted by Gasteiger charge is -2.45. The number of aliphatic hydroxyl groups excluding tert-OH is 6. The van der Waals surface area contributed by atoms with Crippen molar-refractivity contribution in [2.75, 3.05) is 6.61 Å². The van der Waals surface area contributed by atoms with Gasteiger partial charge in [0, 0.05) is 17.0 Å². The summed E-state index contributed by atoms with van der Waals surface area (Å²) in [6, 6.07) is 5.36. The molecule has 0 spiro atoms. The summed E-state index contributed by atoms with van der Waals surface area (Å²) in [6.45, 7) is 0.0497. The number of aliphatic imine (C=N–C) groups is 1. The maximum Gasteiger partial charge on any atom is 0.331 e. The van der Waals surface area contributed by atoms with Gasteiger partial charge in [0.05, 0.1) is 31.1 Å². The van der Waals surface area contributed by atoms with Crippen LogP contribution in [-0.2, 0) is 16.1 Å². The number of fused-ring (bicyclic) bond motifs is 2. The standard InChI is InChI=1S/C25H29NO11/c1-9(29)19(25(35)36)26-20-17-11(3-2-4-13(17)30)16(12-5-10(7-27)6-14(31)18(12)20)24-23(34)22(33)21(32)15(8-28)37-24/h2-6,9,15-16,19,21-24,27-34H,7-8H2,1H3,(H,35,36)/t9-,15-,16?,19+,21-,22+,23-,24+/m1/s1. The average molecular weight is 520 g/mol. The highest BCUT2D eigenvalue weighted by Crippen LogP contribution is 2.48. The molecule has 1 aliphatic carbocycles. The maximum atomic E-state index is 11.8. The van der Waals surface area contributed by atoms with Gasteiger partial charge < -0.3 is 50.7 Å². The number of ether oxygens (including phenoxy) is 1. The molecule has 4 rings (SSSR count). The molecule has 12 nitrogen and oxygen atoms in total. The molecule has 2 aliphatic rings. The Morgan fingerprint density at radius 3 is 2.27 bits per heavy atom. The van der Waals surface area contributed by atoms with Crippen LogP contribution in [0.1, 0.15) is 40.7 Å². The minimum atomic E-state index is -1.71. The van der Waals surface area contributed by atoms with E-state index in [1.54, 1.807) is 6.07 Å². The molecule has 200 valence electrons. The number of aliphatic hydroxyl groups is 6. The van der Waals surface area contributed by atoms with Gasteiger partial charge in [-0.15, -0.1) is 0 Å². The van der Waals surface area contributed by atoms with Gasteiger partial charge in [-0.3, -0.25) is 4.99 Å². The number of carboxylic acid groups (broad SMARTS) is 1. The van der Waals surface area contributed by atoms with Crippen molar-refractivity contribution in [3.05, 3.63) is 58.1 Å². The predicted octanol–water partition coefficient (Wildman–Crippen LogP) is -1.45. The Balaban J connectivity index is 2.04. The van der Waals surface area contributed by atoms with Crippen molar-refractivity contribution in [2.45, 2.75) is 62.1 Å². The second-order valence-corrected chi connectivity index (χ2v) is 9.25. The van der Waals surface area contributed by atoms with Crippen LogP contribution in [0.5, 0.6) is 11.5 Å². The normalized spacial score (nSPS) is 29.9. The van der Waals surface area contributed by atoms with Gasteiger partial charge in [-0.25, -0.2) is 4.79 Å². The summed E-state index contributed by atoms with van der Waals surface area (Å²) >= 11 is 0. The van der Waals surface area contributed by atoms with E-state index in [0.29, 0.717) is 0 Å². The summed E-state index contributed by atoms with van der Waals surface area (Å²) < 4.78 is 5.82. The number of aliphatic carboxylic acids is 1. The highest BCUT2D eigenvalue weighted by molar-refractivity contribution is 6.19. The third-order valence-corrected chi connectivity index (χ3v) is 6.84. The van der Waals surface area contributed by atoms with Crippen LogP contribution in [0.15, 0.2) is 35.3 Å². The van der Waals surface area contributed by atoms with Crippen LogP contribution in [0.25, 0.3) is 0 Å². The first-order valence-electron chi connectivity index (χ1n) is 11.6. The fourth-order valence-corrected chi connectivity index (χ4v) is 5.07. The lowest BCUT2D eigenvalue weighted by molar-refractivity contribution is -0.232. The molecule has 0 radical (unpaired) electrons. The first-order valence-corrected chi connectivity index (χ1v) is 11.6. The third kappa shape index (κ3) is 4.57. The van der Waals surface area contributed by atoms with E-state index in [-0.39, 0.29) is 39.3 Å². The van der Waals surface area contributed by atoms with Crippen molar-refractivity contribution in [1.82, 2.24) is 0 Å². The molecule has 1 heterocycles. The largest absolute Gasteiger partial charge is 0.507 e. The number of carboxylic acids is 1. The highest BCUT2D eigenvalue weighted by atomic mass is 16.5. The predicted molar refractivity (Wildman–Crippen MR) is 126 cm³/mol. The average Bonchev–Trinajstić information content (AvgIpc) is 2.85. The maximum absolute atomic E-state index is 11.8. The fraction of sp³-hybridized carbons (Fsp3) is 0.440. The summed E-state index contributed by atoms with van der Waals surface area (Å²) in [6.07, 6.45) is -9.03. The summed E-state index contributed by atoms with van der Waals surface area (Å²) in [4.78, 5) is 16.0. The molecule has 37 heavy (non-hydrogen) atoms. The fourth-order valence-electron chi connectivity index (χ4n) is 5.07. The van der Waals surface area contributed by atoms with Crippen LogP contribution >= 0.6 is 0 Å². The van der Waals surface area contributed by atoms with Gasteiger partial charge in [-0.05, 0) is 35.7 Å². The minimum Gasteiger partial charge on any atom is -0.507 e. The SMILES string of the molecule is C[C@@H](O)[C@H](N=C1c2c(O)cccc2C([C@@H]2O[C@H](CO)[C@@H](O)[C@H](O)[C@H]2O)c2cc(CO)cc(O)c21)C(=O)O. The summed E-state index contributed by atoms with van der Waals surface area (Å²) in [5.74, 6) is -3.28. The molecule has 12 heteroatoms. The van der Waals surface area contributed by atoms with E-state index in [4.69, 9.17) is 4.74 Å². The molecule has 0 amide bonds. The van der Waals surface area contributed by atoms with Crippen molar-refractivity contribution in [2.24, 2.45) is 4.99 Å². The number of benzene rings is 2. The Bertz CT molecular complexity index is 1210. The van der Waals surface area contributed by atoms with Crippen molar-refractivity contribution < 1.29 is 55.5 Å². The highest BCUT2D eigenvalue weighted by Gasteiger charge is 2.50. The van der Waals surface area contributed by atoms with Gasteiger partial charge in [0.2, 0.25) is 0 Å². The Labute approximate surface area is 211 Å². The monoisotopic (exact) mass is 519 g/mol. The Morgan fingerprint density at radius 2 is 1.68 bits per heavy atom. The third-order valence-electron chi connectivity index (χ3n) is 6.84. The Morgan fingerprint density at radius 1 is 1.00 bits per heavy atom. The quantitative estimate of drug-likeness (QED) is 0.215. The Hall–Kier alpha value is -3.10. The molecule has 1 saturated heterocycles. The van der Waals surface area contributed by atoms with Gasteiger partial charge in [-0.2, -0.15) is 0 Å². The zero-order valence-electron chi connectivity index (χ0n) is 19.7. The molecule has 1 aliphatic heterocycles. The summed E-state index contributed by atoms with van der Waals surface area (Å²) in [7, 11) is 0. The number of carbonyl (C=O) groups is 1. The lowest BCUT2D eigenvalue weighted by Crippen LogP contribution is -2.60. The topological polar surface area (TPSA) is 221 Å². The van der Waals surface area contributed by atoms with Crippen LogP contribution in [-0.4, -0.2) is 107 Å². The van der Waals surface area contributed by atoms with E-state index >= 15 is 0 Å². The number of phenolic OH excluding ortho intramolecular Hbond substituents is 2. The van der Waals surface area contributed by atoms with Crippen LogP contribution in [0.2, 0.25) is 0 Å². The molecule has 1 unspecified atom stereocenters. The van der Waals surface area contributed by atoms with E-state index in [1.807, 2.05) is 0 Å². The number of hydrogen-bond acceptors (Lipinski definition) is 11. The molecule has 0 bridgehead atoms. The van der Waals surface area contributed by atoms with Gasteiger partial charge >= 0.3 is 5.97 Å². The second kappa shape index (κ2) is 10.3. The number of rotatable bonds is 6. The van der Waals surface area contributed by atoms with Crippen molar-refractivity contribution in [1.29, 1.82) is 0 Å². The van der Waals surface area contributed by atoms with E-state index in [9.17, 15) is 50.8 Å². The molecule has 0 aromatic heterocycles. The van der Waals surface area contributed by atoms with Crippen LogP contribution in [0.4, 0.5) is 0 Å². The number of nitrogens with zero attached hydrogens (tertiary/aromatic N) is 1. The minimum absolute atomic E-state index is 0.00379. The van der Waals surface area contributed by atoms with Gasteiger partial charge in [0.25, 0.3) is 0 Å². The molecule has 8 atom stereocenters. The van der Waals surface area contributed by atoms with Crippen molar-refractivity contribution >= 4 is 11.7 Å². The van der Waals surface area contributed by atoms with Gasteiger partial charge in [0.1, 0.15) is 35.9 Å². The zero-order chi connectivity index (χ0) is 27.2. The van der Waals surface area contributed by atoms with E-state index in [2.05, 4.69) is 4.99 Å². The van der Waals surface area contributed by atoms with Gasteiger partial charge in [-0.1, -0.05) is 18.2 Å². The molecule has 2 aromatic carbocycles. The molecule has 1 fully saturated rings. The number of aromatic hydroxyl groups is 2. The molecular weight excluding hydrogens is 490 g/mol. The van der Waals surface area contributed by atoms with Crippen LogP contribution in [0.3, 0.4) is 0 Å². The van der Waals surface area contributed by atoms with Crippen molar-refractivity contribution in [3.63, 3.8) is 0 Å². The lowest BCUT2D eigenvalue weighted by atomic mass is 9.71. The van der Waals surface area contributed by atoms with Gasteiger partial charge in [0.15, 0.2) is 6.04 Å².